The lowest BCUT2D eigenvalue weighted by Crippen LogP contribution is -2.10. The molecule has 5 nitrogen and oxygen atoms in total. The average molecular weight is 1110 g/mol. The summed E-state index contributed by atoms with van der Waals surface area (Å²) in [6.45, 7) is 4.34. The van der Waals surface area contributed by atoms with Crippen molar-refractivity contribution in [3.05, 3.63) is 296 Å². The first-order valence-corrected chi connectivity index (χ1v) is 29.9. The molecule has 0 bridgehead atoms. The number of aryl methyl sites for hydroxylation is 2. The third-order valence-electron chi connectivity index (χ3n) is 18.3. The van der Waals surface area contributed by atoms with Crippen LogP contribution < -0.4 is 9.80 Å². The molecule has 0 saturated heterocycles. The minimum atomic E-state index is 0.846. The highest BCUT2D eigenvalue weighted by atomic mass is 16.3. The Hall–Kier alpha value is -11.4. The molecule has 0 N–H and O–H groups in total. The summed E-state index contributed by atoms with van der Waals surface area (Å²) >= 11 is 0. The SMILES string of the molecule is Cc1ccccc1-c1cccc2c1oc1c(N(c3ccccc3)c3ccc4cc5c6cc(-c7ccccc7)cc7c8cc9ccc(N(c%10ccccc%10)c%10cccc%11c%10oc%10c(-c%12ccccc%12C)cccc%10%11)cc9cc8n(c5cc4c3)c67)cccc12. The molecule has 0 spiro atoms. The minimum absolute atomic E-state index is 0.846. The number of hydrogen-bond acceptors (Lipinski definition) is 4. The molecule has 0 unspecified atom stereocenters. The molecule has 0 fully saturated rings. The van der Waals surface area contributed by atoms with E-state index in [1.54, 1.807) is 0 Å². The average Bonchev–Trinajstić information content (AvgIpc) is 1.57. The van der Waals surface area contributed by atoms with E-state index in [0.29, 0.717) is 0 Å². The van der Waals surface area contributed by atoms with Gasteiger partial charge in [0.05, 0.1) is 27.9 Å². The van der Waals surface area contributed by atoms with Crippen molar-refractivity contribution >= 4 is 138 Å². The predicted octanol–water partition coefficient (Wildman–Crippen LogP) is 23.5. The summed E-state index contributed by atoms with van der Waals surface area (Å²) in [5.41, 5.74) is 22.5. The topological polar surface area (TPSA) is 37.2 Å². The monoisotopic (exact) mass is 1110 g/mol. The second-order valence-electron chi connectivity index (χ2n) is 23.3. The summed E-state index contributed by atoms with van der Waals surface area (Å²) in [4.78, 5) is 4.71. The van der Waals surface area contributed by atoms with Gasteiger partial charge in [0.25, 0.3) is 0 Å². The second kappa shape index (κ2) is 19.1. The number of nitrogens with zero attached hydrogens (tertiary/aromatic N) is 3. The van der Waals surface area contributed by atoms with Crippen molar-refractivity contribution in [3.63, 3.8) is 0 Å². The van der Waals surface area contributed by atoms with Crippen molar-refractivity contribution in [3.8, 4) is 33.4 Å². The zero-order chi connectivity index (χ0) is 57.4. The zero-order valence-corrected chi connectivity index (χ0v) is 47.8. The molecule has 4 heterocycles. The molecule has 0 atom stereocenters. The first-order chi connectivity index (χ1) is 43.0. The number of rotatable bonds is 9. The van der Waals surface area contributed by atoms with Gasteiger partial charge in [-0.25, -0.2) is 0 Å². The van der Waals surface area contributed by atoms with Gasteiger partial charge in [-0.1, -0.05) is 188 Å². The maximum absolute atomic E-state index is 7.13. The quantitative estimate of drug-likeness (QED) is 0.144. The smallest absolute Gasteiger partial charge is 0.159 e. The van der Waals surface area contributed by atoms with Crippen molar-refractivity contribution in [1.82, 2.24) is 4.40 Å². The highest BCUT2D eigenvalue weighted by Crippen LogP contribution is 2.50. The Balaban J connectivity index is 0.839. The lowest BCUT2D eigenvalue weighted by Gasteiger charge is -2.26. The van der Waals surface area contributed by atoms with Gasteiger partial charge in [0.1, 0.15) is 11.2 Å². The first-order valence-electron chi connectivity index (χ1n) is 29.9. The highest BCUT2D eigenvalue weighted by molar-refractivity contribution is 6.27. The van der Waals surface area contributed by atoms with Gasteiger partial charge in [0, 0.05) is 77.0 Å². The van der Waals surface area contributed by atoms with Crippen LogP contribution in [0.3, 0.4) is 0 Å². The molecule has 87 heavy (non-hydrogen) atoms. The van der Waals surface area contributed by atoms with E-state index < -0.39 is 0 Å². The number of furan rings is 2. The van der Waals surface area contributed by atoms with Crippen LogP contribution in [-0.4, -0.2) is 4.40 Å². The van der Waals surface area contributed by atoms with Gasteiger partial charge >= 0.3 is 0 Å². The maximum Gasteiger partial charge on any atom is 0.159 e. The lowest BCUT2D eigenvalue weighted by atomic mass is 9.97. The standard InChI is InChI=1S/C82H53N3O2/c1-50-20-12-14-28-62(50)64-30-16-32-66-68-34-18-36-74(81(68)86-79(64)66)83(58-24-8-4-9-25-58)60-40-38-53-44-70-72-46-57(52-22-6-3-7-23-52)47-73-71-45-54-39-41-61(43-56(54)49-77(71)85(78(72)73)76(70)48-55(53)42-60)84(59-26-10-5-11-27-59)75-37-19-35-69-67-33-17-31-65(80(67)87-82(69)75)63-29-15-13-21-51(63)2/h3-49H,1-2H3. The van der Waals surface area contributed by atoms with Crippen LogP contribution in [0, 0.1) is 13.8 Å². The first kappa shape index (κ1) is 49.1. The Kier molecular flexibility index (Phi) is 10.8. The van der Waals surface area contributed by atoms with Crippen LogP contribution in [-0.2, 0) is 0 Å². The van der Waals surface area contributed by atoms with Crippen LogP contribution in [0.4, 0.5) is 34.1 Å². The van der Waals surface area contributed by atoms with Crippen LogP contribution in [0.2, 0.25) is 0 Å². The largest absolute Gasteiger partial charge is 0.453 e. The van der Waals surface area contributed by atoms with Crippen LogP contribution >= 0.6 is 0 Å². The molecule has 4 aromatic heterocycles. The summed E-state index contributed by atoms with van der Waals surface area (Å²) in [5, 5.41) is 13.9. The molecule has 18 aromatic rings. The normalized spacial score (nSPS) is 12.0. The van der Waals surface area contributed by atoms with E-state index in [0.717, 1.165) is 111 Å². The van der Waals surface area contributed by atoms with Crippen molar-refractivity contribution < 1.29 is 8.83 Å². The van der Waals surface area contributed by atoms with Gasteiger partial charge < -0.3 is 23.0 Å². The summed E-state index contributed by atoms with van der Waals surface area (Å²) < 4.78 is 16.8. The molecule has 0 radical (unpaired) electrons. The van der Waals surface area contributed by atoms with Gasteiger partial charge in [-0.2, -0.15) is 0 Å². The molecule has 408 valence electrons. The van der Waals surface area contributed by atoms with Gasteiger partial charge in [-0.15, -0.1) is 0 Å². The number of fused-ring (bicyclic) bond motifs is 14. The molecule has 0 aliphatic heterocycles. The summed E-state index contributed by atoms with van der Waals surface area (Å²) in [6, 6.07) is 104. The number of para-hydroxylation sites is 6. The van der Waals surface area contributed by atoms with E-state index in [2.05, 4.69) is 313 Å². The van der Waals surface area contributed by atoms with Gasteiger partial charge in [0.2, 0.25) is 0 Å². The number of hydrogen-bond donors (Lipinski definition) is 0. The Morgan fingerprint density at radius 1 is 0.264 bits per heavy atom. The van der Waals surface area contributed by atoms with E-state index in [1.807, 2.05) is 0 Å². The number of anilines is 6. The van der Waals surface area contributed by atoms with E-state index in [1.165, 1.54) is 71.2 Å². The van der Waals surface area contributed by atoms with Crippen molar-refractivity contribution in [2.45, 2.75) is 13.8 Å². The van der Waals surface area contributed by atoms with E-state index in [-0.39, 0.29) is 0 Å². The van der Waals surface area contributed by atoms with Crippen LogP contribution in [0.25, 0.3) is 137 Å². The summed E-state index contributed by atoms with van der Waals surface area (Å²) in [5.74, 6) is 0. The van der Waals surface area contributed by atoms with Crippen molar-refractivity contribution in [2.75, 3.05) is 9.80 Å². The Morgan fingerprint density at radius 3 is 1.13 bits per heavy atom. The van der Waals surface area contributed by atoms with E-state index >= 15 is 0 Å². The molecular weight excluding hydrogens is 1060 g/mol. The number of benzene rings is 14. The summed E-state index contributed by atoms with van der Waals surface area (Å²) in [7, 11) is 0. The number of aromatic nitrogens is 1. The molecule has 0 saturated carbocycles. The third kappa shape index (κ3) is 7.52. The highest BCUT2D eigenvalue weighted by Gasteiger charge is 2.26. The molecule has 14 aromatic carbocycles. The van der Waals surface area contributed by atoms with E-state index in [9.17, 15) is 0 Å². The molecule has 18 rings (SSSR count). The van der Waals surface area contributed by atoms with Crippen LogP contribution in [0.15, 0.2) is 294 Å². The van der Waals surface area contributed by atoms with Gasteiger partial charge in [0.15, 0.2) is 11.2 Å². The van der Waals surface area contributed by atoms with Gasteiger partial charge in [-0.05, 0) is 166 Å². The van der Waals surface area contributed by atoms with Crippen LogP contribution in [0.5, 0.6) is 0 Å². The molecule has 0 aliphatic carbocycles. The summed E-state index contributed by atoms with van der Waals surface area (Å²) in [6.07, 6.45) is 0. The van der Waals surface area contributed by atoms with Crippen LogP contribution in [0.1, 0.15) is 11.1 Å². The zero-order valence-electron chi connectivity index (χ0n) is 47.8. The third-order valence-corrected chi connectivity index (χ3v) is 18.3. The Bertz CT molecular complexity index is 5460. The molecule has 0 amide bonds. The molecule has 5 heteroatoms. The molecule has 0 aliphatic rings. The lowest BCUT2D eigenvalue weighted by molar-refractivity contribution is 0.670. The maximum atomic E-state index is 7.13. The van der Waals surface area contributed by atoms with E-state index in [4.69, 9.17) is 8.83 Å². The Morgan fingerprint density at radius 2 is 0.667 bits per heavy atom. The van der Waals surface area contributed by atoms with Gasteiger partial charge in [-0.3, -0.25) is 0 Å². The minimum Gasteiger partial charge on any atom is -0.453 e. The fourth-order valence-electron chi connectivity index (χ4n) is 14.2. The fourth-order valence-corrected chi connectivity index (χ4v) is 14.2. The second-order valence-corrected chi connectivity index (χ2v) is 23.3. The predicted molar refractivity (Wildman–Crippen MR) is 366 cm³/mol. The van der Waals surface area contributed by atoms with Crippen molar-refractivity contribution in [1.29, 1.82) is 0 Å². The van der Waals surface area contributed by atoms with Crippen molar-refractivity contribution in [2.24, 2.45) is 0 Å². The Labute approximate surface area is 501 Å². The fraction of sp³-hybridized carbons (Fsp3) is 0.0244. The molecular formula is C82H53N3O2.